The van der Waals surface area contributed by atoms with Crippen molar-refractivity contribution in [1.82, 2.24) is 9.55 Å². The van der Waals surface area contributed by atoms with Crippen molar-refractivity contribution in [3.63, 3.8) is 0 Å². The predicted octanol–water partition coefficient (Wildman–Crippen LogP) is 4.22. The summed E-state index contributed by atoms with van der Waals surface area (Å²) >= 11 is 0. The summed E-state index contributed by atoms with van der Waals surface area (Å²) in [5, 5.41) is 0. The van der Waals surface area contributed by atoms with E-state index in [0.717, 1.165) is 28.2 Å². The van der Waals surface area contributed by atoms with Crippen LogP contribution in [0.25, 0.3) is 0 Å². The number of benzene rings is 3. The molecular formula is C35H41N3O7. The fourth-order valence-corrected chi connectivity index (χ4v) is 6.28. The van der Waals surface area contributed by atoms with E-state index in [-0.39, 0.29) is 5.92 Å². The first-order valence-corrected chi connectivity index (χ1v) is 15.1. The number of hydrogen-bond donors (Lipinski definition) is 2. The van der Waals surface area contributed by atoms with E-state index in [2.05, 4.69) is 4.98 Å². The van der Waals surface area contributed by atoms with Gasteiger partial charge in [-0.3, -0.25) is 14.3 Å². The van der Waals surface area contributed by atoms with Crippen LogP contribution in [-0.2, 0) is 19.8 Å². The molecule has 1 aliphatic rings. The molecule has 45 heavy (non-hydrogen) atoms. The molecule has 0 bridgehead atoms. The van der Waals surface area contributed by atoms with Crippen LogP contribution < -0.4 is 26.5 Å². The van der Waals surface area contributed by atoms with E-state index in [4.69, 9.17) is 29.4 Å². The number of rotatable bonds is 13. The zero-order valence-corrected chi connectivity index (χ0v) is 26.1. The van der Waals surface area contributed by atoms with Crippen molar-refractivity contribution < 1.29 is 23.7 Å². The number of methoxy groups -OCH3 is 3. The van der Waals surface area contributed by atoms with Gasteiger partial charge >= 0.3 is 5.69 Å². The lowest BCUT2D eigenvalue weighted by Gasteiger charge is -2.41. The van der Waals surface area contributed by atoms with Crippen LogP contribution in [0.2, 0.25) is 0 Å². The van der Waals surface area contributed by atoms with Crippen molar-refractivity contribution in [1.29, 1.82) is 0 Å². The van der Waals surface area contributed by atoms with Crippen LogP contribution in [-0.4, -0.2) is 55.7 Å². The molecule has 4 aromatic rings. The fraction of sp³-hybridized carbons (Fsp3) is 0.371. The minimum atomic E-state index is -1.09. The lowest BCUT2D eigenvalue weighted by molar-refractivity contribution is -0.140. The van der Waals surface area contributed by atoms with E-state index >= 15 is 0 Å². The molecule has 1 fully saturated rings. The minimum Gasteiger partial charge on any atom is -0.497 e. The molecule has 1 aliphatic heterocycles. The highest BCUT2D eigenvalue weighted by Crippen LogP contribution is 2.46. The van der Waals surface area contributed by atoms with E-state index in [1.807, 2.05) is 85.8 Å². The lowest BCUT2D eigenvalue weighted by atomic mass is 9.79. The summed E-state index contributed by atoms with van der Waals surface area (Å²) in [7, 11) is 4.87. The molecule has 10 heteroatoms. The van der Waals surface area contributed by atoms with Gasteiger partial charge in [0.1, 0.15) is 23.2 Å². The van der Waals surface area contributed by atoms with Gasteiger partial charge in [0.15, 0.2) is 6.23 Å². The maximum Gasteiger partial charge on any atom is 0.330 e. The second-order valence-electron chi connectivity index (χ2n) is 11.2. The Kier molecular flexibility index (Phi) is 10.2. The maximum absolute atomic E-state index is 12.8. The number of H-pyrrole nitrogens is 1. The zero-order chi connectivity index (χ0) is 32.0. The van der Waals surface area contributed by atoms with E-state index in [1.165, 1.54) is 16.8 Å². The smallest absolute Gasteiger partial charge is 0.330 e. The average Bonchev–Trinajstić information content (AvgIpc) is 3.41. The highest BCUT2D eigenvalue weighted by molar-refractivity contribution is 5.50. The fourth-order valence-electron chi connectivity index (χ4n) is 6.28. The standard InChI is InChI=1S/C35H41N3O7/c1-23-31(44-33(32(23)43-4)38-22-20-30(39)37-34(38)40)29(11-8-21-36)45-35(24-9-6-5-7-10-24,25-12-16-27(41-2)17-13-25)26-14-18-28(42-3)19-15-26/h5-7,9-10,12-20,22-23,29,31-33H,8,11,21,36H2,1-4H3,(H,37,39,40)/t23?,29-,31+,32+,33-/m1/s1. The molecule has 1 saturated heterocycles. The molecule has 1 unspecified atom stereocenters. The molecule has 0 spiro atoms. The Morgan fingerprint density at radius 3 is 1.96 bits per heavy atom. The van der Waals surface area contributed by atoms with Crippen LogP contribution in [0.4, 0.5) is 0 Å². The lowest BCUT2D eigenvalue weighted by Crippen LogP contribution is -2.44. The van der Waals surface area contributed by atoms with E-state index in [1.54, 1.807) is 21.3 Å². The van der Waals surface area contributed by atoms with Gasteiger partial charge in [0, 0.05) is 25.3 Å². The van der Waals surface area contributed by atoms with E-state index in [0.29, 0.717) is 19.4 Å². The van der Waals surface area contributed by atoms with Crippen LogP contribution in [0, 0.1) is 5.92 Å². The van der Waals surface area contributed by atoms with Crippen LogP contribution in [0.1, 0.15) is 42.7 Å². The first kappa shape index (κ1) is 32.2. The number of aromatic amines is 1. The molecule has 3 aromatic carbocycles. The molecule has 238 valence electrons. The Hall–Kier alpha value is -4.22. The molecule has 1 aromatic heterocycles. The average molecular weight is 616 g/mol. The Balaban J connectivity index is 1.67. The first-order chi connectivity index (χ1) is 21.9. The van der Waals surface area contributed by atoms with Crippen LogP contribution in [0.3, 0.4) is 0 Å². The number of aromatic nitrogens is 2. The van der Waals surface area contributed by atoms with Gasteiger partial charge in [-0.05, 0) is 60.3 Å². The van der Waals surface area contributed by atoms with Gasteiger partial charge in [0.25, 0.3) is 5.56 Å². The summed E-state index contributed by atoms with van der Waals surface area (Å²) in [4.78, 5) is 27.0. The summed E-state index contributed by atoms with van der Waals surface area (Å²) in [6.07, 6.45) is 0.432. The van der Waals surface area contributed by atoms with Crippen LogP contribution in [0.5, 0.6) is 11.5 Å². The SMILES string of the molecule is COc1ccc(C(O[C@H](CCCN)[C@H]2O[C@@H](n3ccc(=O)[nH]c3=O)[C@@H](OC)C2C)(c2ccccc2)c2ccc(OC)cc2)cc1. The Labute approximate surface area is 262 Å². The van der Waals surface area contributed by atoms with E-state index in [9.17, 15) is 9.59 Å². The van der Waals surface area contributed by atoms with Gasteiger partial charge in [-0.15, -0.1) is 0 Å². The largest absolute Gasteiger partial charge is 0.497 e. The van der Waals surface area contributed by atoms with Crippen molar-refractivity contribution in [2.24, 2.45) is 11.7 Å². The summed E-state index contributed by atoms with van der Waals surface area (Å²) in [5.41, 5.74) is 6.60. The van der Waals surface area contributed by atoms with Crippen LogP contribution in [0.15, 0.2) is 101 Å². The molecule has 10 nitrogen and oxygen atoms in total. The second kappa shape index (κ2) is 14.3. The van der Waals surface area contributed by atoms with Crippen molar-refractivity contribution >= 4 is 0 Å². The summed E-state index contributed by atoms with van der Waals surface area (Å²) in [6.45, 7) is 2.49. The third kappa shape index (κ3) is 6.46. The normalized spacial score (nSPS) is 20.6. The van der Waals surface area contributed by atoms with E-state index < -0.39 is 41.4 Å². The second-order valence-corrected chi connectivity index (χ2v) is 11.2. The summed E-state index contributed by atoms with van der Waals surface area (Å²) in [5.74, 6) is 1.25. The van der Waals surface area contributed by atoms with Crippen molar-refractivity contribution in [2.75, 3.05) is 27.9 Å². The third-order valence-corrected chi connectivity index (χ3v) is 8.57. The molecule has 2 heterocycles. The molecular weight excluding hydrogens is 574 g/mol. The van der Waals surface area contributed by atoms with Crippen LogP contribution >= 0.6 is 0 Å². The quantitative estimate of drug-likeness (QED) is 0.214. The highest BCUT2D eigenvalue weighted by atomic mass is 16.6. The van der Waals surface area contributed by atoms with Crippen molar-refractivity contribution in [2.45, 2.75) is 49.9 Å². The summed E-state index contributed by atoms with van der Waals surface area (Å²) < 4.78 is 32.4. The molecule has 0 amide bonds. The number of ether oxygens (including phenoxy) is 5. The molecule has 5 atom stereocenters. The zero-order valence-electron chi connectivity index (χ0n) is 26.1. The number of nitrogens with one attached hydrogen (secondary N) is 1. The number of nitrogens with zero attached hydrogens (tertiary/aromatic N) is 1. The highest BCUT2D eigenvalue weighted by Gasteiger charge is 2.50. The molecule has 0 saturated carbocycles. The molecule has 5 rings (SSSR count). The van der Waals surface area contributed by atoms with Gasteiger partial charge < -0.3 is 29.4 Å². The predicted molar refractivity (Wildman–Crippen MR) is 171 cm³/mol. The maximum atomic E-state index is 12.8. The third-order valence-electron chi connectivity index (χ3n) is 8.57. The minimum absolute atomic E-state index is 0.193. The topological polar surface area (TPSA) is 127 Å². The monoisotopic (exact) mass is 615 g/mol. The molecule has 0 radical (unpaired) electrons. The Bertz CT molecular complexity index is 1590. The summed E-state index contributed by atoms with van der Waals surface area (Å²) in [6, 6.07) is 27.1. The van der Waals surface area contributed by atoms with Gasteiger partial charge in [-0.1, -0.05) is 61.5 Å². The van der Waals surface area contributed by atoms with Gasteiger partial charge in [-0.2, -0.15) is 0 Å². The van der Waals surface area contributed by atoms with Crippen molar-refractivity contribution in [3.8, 4) is 11.5 Å². The molecule has 0 aliphatic carbocycles. The molecule has 3 N–H and O–H groups in total. The van der Waals surface area contributed by atoms with Crippen molar-refractivity contribution in [3.05, 3.63) is 129 Å². The van der Waals surface area contributed by atoms with Gasteiger partial charge in [0.05, 0.1) is 26.4 Å². The number of hydrogen-bond acceptors (Lipinski definition) is 8. The van der Waals surface area contributed by atoms with Gasteiger partial charge in [0.2, 0.25) is 0 Å². The number of nitrogens with two attached hydrogens (primary N) is 1. The Morgan fingerprint density at radius 2 is 1.44 bits per heavy atom. The van der Waals surface area contributed by atoms with Gasteiger partial charge in [-0.25, -0.2) is 4.79 Å². The first-order valence-electron chi connectivity index (χ1n) is 15.1. The Morgan fingerprint density at radius 1 is 0.867 bits per heavy atom.